The fourth-order valence-electron chi connectivity index (χ4n) is 4.92. The molecule has 1 amide bonds. The number of carbonyl (C=O) groups excluding carboxylic acids is 2. The second kappa shape index (κ2) is 10.8. The van der Waals surface area contributed by atoms with Crippen LogP contribution in [-0.2, 0) is 16.8 Å². The Morgan fingerprint density at radius 3 is 2.64 bits per heavy atom. The third-order valence-corrected chi connectivity index (χ3v) is 6.72. The Balaban J connectivity index is 1.73. The van der Waals surface area contributed by atoms with Gasteiger partial charge in [0.1, 0.15) is 11.3 Å². The van der Waals surface area contributed by atoms with Crippen LogP contribution in [0, 0.1) is 19.3 Å². The van der Waals surface area contributed by atoms with Gasteiger partial charge in [0.2, 0.25) is 5.78 Å². The third-order valence-electron chi connectivity index (χ3n) is 6.72. The first-order valence-corrected chi connectivity index (χ1v) is 12.2. The normalized spacial score (nSPS) is 18.6. The highest BCUT2D eigenvalue weighted by Gasteiger charge is 2.46. The second-order valence-electron chi connectivity index (χ2n) is 9.15. The standard InChI is InChI=1S/C30H31N3O3/c1-5-7-8-25-18-22-19-26(36-4)13-14-27(22)30(33-25,28(34)6-2)23-9-11-24(12-10-23)32-29(35)21-15-16-31-20(3)17-21/h2,9-17,19,25,33H,5,7-8,18H2,1,3-4H3,(H,32,35)/t25-,30-/m0/s1. The van der Waals surface area contributed by atoms with Crippen molar-refractivity contribution in [3.63, 3.8) is 0 Å². The maximum atomic E-state index is 13.5. The SMILES string of the molecule is C#CC(=O)[C@@]1(c2ccc(NC(=O)c3ccnc(C)c3)cc2)N[C@@H](CCCC)Cc2cc(OC)ccc21. The minimum Gasteiger partial charge on any atom is -0.497 e. The van der Waals surface area contributed by atoms with E-state index in [-0.39, 0.29) is 17.7 Å². The van der Waals surface area contributed by atoms with E-state index in [1.807, 2.05) is 37.3 Å². The molecule has 0 bridgehead atoms. The van der Waals surface area contributed by atoms with Crippen LogP contribution in [0.1, 0.15) is 58.9 Å². The van der Waals surface area contributed by atoms with Crippen molar-refractivity contribution in [1.29, 1.82) is 0 Å². The van der Waals surface area contributed by atoms with Gasteiger partial charge in [-0.2, -0.15) is 0 Å². The number of benzene rings is 2. The fraction of sp³-hybridized carbons (Fsp3) is 0.300. The van der Waals surface area contributed by atoms with Crippen molar-refractivity contribution < 1.29 is 14.3 Å². The lowest BCUT2D eigenvalue weighted by Gasteiger charge is -2.42. The number of carbonyl (C=O) groups is 2. The summed E-state index contributed by atoms with van der Waals surface area (Å²) in [5, 5.41) is 6.54. The number of pyridine rings is 1. The zero-order chi connectivity index (χ0) is 25.7. The Bertz CT molecular complexity index is 1310. The Labute approximate surface area is 212 Å². The van der Waals surface area contributed by atoms with Gasteiger partial charge in [0.15, 0.2) is 0 Å². The Hall–Kier alpha value is -3.95. The molecule has 0 spiro atoms. The lowest BCUT2D eigenvalue weighted by atomic mass is 9.72. The smallest absolute Gasteiger partial charge is 0.255 e. The number of ether oxygens (including phenoxy) is 1. The van der Waals surface area contributed by atoms with E-state index in [4.69, 9.17) is 11.2 Å². The van der Waals surface area contributed by atoms with Crippen LogP contribution in [0.15, 0.2) is 60.8 Å². The molecule has 36 heavy (non-hydrogen) atoms. The summed E-state index contributed by atoms with van der Waals surface area (Å²) in [6, 6.07) is 16.6. The van der Waals surface area contributed by atoms with E-state index < -0.39 is 5.54 Å². The first-order chi connectivity index (χ1) is 17.4. The maximum Gasteiger partial charge on any atom is 0.255 e. The molecular weight excluding hydrogens is 450 g/mol. The van der Waals surface area contributed by atoms with E-state index in [9.17, 15) is 9.59 Å². The first kappa shape index (κ1) is 25.2. The number of rotatable bonds is 8. The molecule has 4 rings (SSSR count). The van der Waals surface area contributed by atoms with Crippen molar-refractivity contribution in [2.45, 2.75) is 51.1 Å². The van der Waals surface area contributed by atoms with E-state index in [0.717, 1.165) is 53.8 Å². The predicted octanol–water partition coefficient (Wildman–Crippen LogP) is 4.80. The van der Waals surface area contributed by atoms with Crippen LogP contribution in [0.3, 0.4) is 0 Å². The number of nitrogens with zero attached hydrogens (tertiary/aromatic N) is 1. The van der Waals surface area contributed by atoms with E-state index in [2.05, 4.69) is 28.5 Å². The lowest BCUT2D eigenvalue weighted by molar-refractivity contribution is -0.119. The van der Waals surface area contributed by atoms with Crippen molar-refractivity contribution in [3.05, 3.63) is 88.7 Å². The summed E-state index contributed by atoms with van der Waals surface area (Å²) in [6.45, 7) is 3.99. The molecule has 6 nitrogen and oxygen atoms in total. The molecule has 1 aliphatic rings. The van der Waals surface area contributed by atoms with Crippen LogP contribution in [0.4, 0.5) is 5.69 Å². The summed E-state index contributed by atoms with van der Waals surface area (Å²) in [5.74, 6) is 2.56. The van der Waals surface area contributed by atoms with Gasteiger partial charge in [-0.1, -0.05) is 38.0 Å². The van der Waals surface area contributed by atoms with Crippen LogP contribution in [0.25, 0.3) is 0 Å². The average molecular weight is 482 g/mol. The van der Waals surface area contributed by atoms with Crippen molar-refractivity contribution in [2.24, 2.45) is 0 Å². The number of hydrogen-bond donors (Lipinski definition) is 2. The molecule has 6 heteroatoms. The van der Waals surface area contributed by atoms with Crippen LogP contribution >= 0.6 is 0 Å². The molecule has 2 aromatic carbocycles. The molecule has 0 aliphatic carbocycles. The van der Waals surface area contributed by atoms with Crippen LogP contribution in [-0.4, -0.2) is 29.8 Å². The molecule has 184 valence electrons. The van der Waals surface area contributed by atoms with E-state index in [1.54, 1.807) is 37.6 Å². The number of ketones is 1. The number of unbranched alkanes of at least 4 members (excludes halogenated alkanes) is 1. The summed E-state index contributed by atoms with van der Waals surface area (Å²) in [6.07, 6.45) is 11.1. The van der Waals surface area contributed by atoms with Gasteiger partial charge in [0.25, 0.3) is 5.91 Å². The van der Waals surface area contributed by atoms with Gasteiger partial charge in [-0.25, -0.2) is 0 Å². The third kappa shape index (κ3) is 4.89. The largest absolute Gasteiger partial charge is 0.497 e. The highest BCUT2D eigenvalue weighted by molar-refractivity contribution is 6.06. The van der Waals surface area contributed by atoms with Crippen LogP contribution in [0.2, 0.25) is 0 Å². The molecule has 0 saturated heterocycles. The minimum absolute atomic E-state index is 0.0798. The summed E-state index contributed by atoms with van der Waals surface area (Å²) in [7, 11) is 1.64. The number of aryl methyl sites for hydroxylation is 1. The molecule has 2 heterocycles. The van der Waals surface area contributed by atoms with Gasteiger partial charge in [-0.3, -0.25) is 19.9 Å². The summed E-state index contributed by atoms with van der Waals surface area (Å²) >= 11 is 0. The quantitative estimate of drug-likeness (QED) is 0.357. The van der Waals surface area contributed by atoms with E-state index >= 15 is 0 Å². The monoisotopic (exact) mass is 481 g/mol. The Morgan fingerprint density at radius 1 is 1.19 bits per heavy atom. The molecule has 2 N–H and O–H groups in total. The van der Waals surface area contributed by atoms with Gasteiger partial charge >= 0.3 is 0 Å². The molecule has 2 atom stereocenters. The highest BCUT2D eigenvalue weighted by atomic mass is 16.5. The molecule has 1 aromatic heterocycles. The number of Topliss-reactive ketones (excluding diaryl/α,β-unsaturated/α-hetero) is 1. The Morgan fingerprint density at radius 2 is 1.97 bits per heavy atom. The number of nitrogens with one attached hydrogen (secondary N) is 2. The molecular formula is C30H31N3O3. The molecule has 0 fully saturated rings. The van der Waals surface area contributed by atoms with Gasteiger partial charge < -0.3 is 10.1 Å². The van der Waals surface area contributed by atoms with Gasteiger partial charge in [0.05, 0.1) is 7.11 Å². The van der Waals surface area contributed by atoms with Gasteiger partial charge in [-0.05, 0) is 78.8 Å². The number of terminal acetylenes is 1. The van der Waals surface area contributed by atoms with Crippen molar-refractivity contribution in [3.8, 4) is 18.1 Å². The second-order valence-corrected chi connectivity index (χ2v) is 9.15. The minimum atomic E-state index is -1.18. The maximum absolute atomic E-state index is 13.5. The molecule has 0 radical (unpaired) electrons. The van der Waals surface area contributed by atoms with Crippen molar-refractivity contribution in [2.75, 3.05) is 12.4 Å². The number of aromatic nitrogens is 1. The fourth-order valence-corrected chi connectivity index (χ4v) is 4.92. The number of hydrogen-bond acceptors (Lipinski definition) is 5. The average Bonchev–Trinajstić information content (AvgIpc) is 2.90. The van der Waals surface area contributed by atoms with Gasteiger partial charge in [-0.15, -0.1) is 6.42 Å². The zero-order valence-corrected chi connectivity index (χ0v) is 20.9. The summed E-state index contributed by atoms with van der Waals surface area (Å²) < 4.78 is 5.46. The number of anilines is 1. The number of methoxy groups -OCH3 is 1. The highest BCUT2D eigenvalue weighted by Crippen LogP contribution is 2.40. The molecule has 0 unspecified atom stereocenters. The molecule has 0 saturated carbocycles. The number of amides is 1. The van der Waals surface area contributed by atoms with Gasteiger partial charge in [0, 0.05) is 29.2 Å². The lowest BCUT2D eigenvalue weighted by Crippen LogP contribution is -2.57. The topological polar surface area (TPSA) is 80.3 Å². The van der Waals surface area contributed by atoms with E-state index in [0.29, 0.717) is 11.3 Å². The summed E-state index contributed by atoms with van der Waals surface area (Å²) in [5.41, 5.74) is 3.35. The molecule has 3 aromatic rings. The zero-order valence-electron chi connectivity index (χ0n) is 20.9. The predicted molar refractivity (Wildman–Crippen MR) is 141 cm³/mol. The van der Waals surface area contributed by atoms with Crippen LogP contribution in [0.5, 0.6) is 5.75 Å². The van der Waals surface area contributed by atoms with Crippen molar-refractivity contribution >= 4 is 17.4 Å². The molecule has 1 aliphatic heterocycles. The van der Waals surface area contributed by atoms with Crippen molar-refractivity contribution in [1.82, 2.24) is 10.3 Å². The van der Waals surface area contributed by atoms with Crippen LogP contribution < -0.4 is 15.4 Å². The Kier molecular flexibility index (Phi) is 7.52. The number of fused-ring (bicyclic) bond motifs is 1. The summed E-state index contributed by atoms with van der Waals surface area (Å²) in [4.78, 5) is 30.3. The first-order valence-electron chi connectivity index (χ1n) is 12.2. The van der Waals surface area contributed by atoms with E-state index in [1.165, 1.54) is 0 Å².